The Labute approximate surface area is 103 Å². The number of rotatable bonds is 4. The molecule has 2 unspecified atom stereocenters. The van der Waals surface area contributed by atoms with Crippen LogP contribution in [0.1, 0.15) is 36.8 Å². The fourth-order valence-electron chi connectivity index (χ4n) is 2.42. The van der Waals surface area contributed by atoms with Crippen LogP contribution in [0.2, 0.25) is 5.02 Å². The van der Waals surface area contributed by atoms with E-state index < -0.39 is 0 Å². The average Bonchev–Trinajstić information content (AvgIpc) is 2.22. The summed E-state index contributed by atoms with van der Waals surface area (Å²) in [6.45, 7) is 6.43. The second-order valence-corrected chi connectivity index (χ2v) is 5.17. The number of hydrogen-bond donors (Lipinski definition) is 1. The Morgan fingerprint density at radius 3 is 2.75 bits per heavy atom. The summed E-state index contributed by atoms with van der Waals surface area (Å²) in [6.07, 6.45) is 2.67. The van der Waals surface area contributed by atoms with E-state index in [-0.39, 0.29) is 0 Å². The molecule has 0 bridgehead atoms. The molecule has 16 heavy (non-hydrogen) atoms. The first-order valence-corrected chi connectivity index (χ1v) is 6.57. The first-order valence-electron chi connectivity index (χ1n) is 6.19. The van der Waals surface area contributed by atoms with Crippen molar-refractivity contribution in [3.8, 4) is 0 Å². The molecule has 1 N–H and O–H groups in total. The molecule has 1 saturated carbocycles. The molecule has 0 amide bonds. The van der Waals surface area contributed by atoms with E-state index in [1.807, 2.05) is 0 Å². The van der Waals surface area contributed by atoms with Gasteiger partial charge in [-0.2, -0.15) is 0 Å². The molecule has 2 rings (SSSR count). The van der Waals surface area contributed by atoms with Crippen LogP contribution in [0.25, 0.3) is 0 Å². The first kappa shape index (κ1) is 11.9. The zero-order valence-electron chi connectivity index (χ0n) is 10.1. The van der Waals surface area contributed by atoms with Crippen molar-refractivity contribution in [2.75, 3.05) is 13.1 Å². The molecule has 0 saturated heterocycles. The van der Waals surface area contributed by atoms with Crippen LogP contribution >= 0.6 is 11.6 Å². The van der Waals surface area contributed by atoms with Gasteiger partial charge < -0.3 is 5.32 Å². The van der Waals surface area contributed by atoms with Crippen LogP contribution in [-0.4, -0.2) is 13.1 Å². The molecule has 0 aliphatic heterocycles. The highest BCUT2D eigenvalue weighted by Crippen LogP contribution is 2.42. The lowest BCUT2D eigenvalue weighted by Crippen LogP contribution is -2.33. The van der Waals surface area contributed by atoms with Crippen LogP contribution in [0.15, 0.2) is 18.2 Å². The van der Waals surface area contributed by atoms with E-state index in [9.17, 15) is 0 Å². The highest BCUT2D eigenvalue weighted by molar-refractivity contribution is 6.31. The summed E-state index contributed by atoms with van der Waals surface area (Å²) >= 11 is 6.18. The summed E-state index contributed by atoms with van der Waals surface area (Å²) < 4.78 is 0. The largest absolute Gasteiger partial charge is 0.317 e. The Kier molecular flexibility index (Phi) is 3.88. The van der Waals surface area contributed by atoms with Crippen molar-refractivity contribution in [2.24, 2.45) is 5.92 Å². The molecule has 0 spiro atoms. The monoisotopic (exact) mass is 237 g/mol. The quantitative estimate of drug-likeness (QED) is 0.841. The smallest absolute Gasteiger partial charge is 0.0438 e. The molecule has 1 aliphatic rings. The topological polar surface area (TPSA) is 12.0 Å². The van der Waals surface area contributed by atoms with Crippen molar-refractivity contribution in [1.82, 2.24) is 5.32 Å². The van der Waals surface area contributed by atoms with Crippen LogP contribution in [0.3, 0.4) is 0 Å². The van der Waals surface area contributed by atoms with Crippen LogP contribution in [0, 0.1) is 12.8 Å². The van der Waals surface area contributed by atoms with Gasteiger partial charge in [-0.25, -0.2) is 0 Å². The summed E-state index contributed by atoms with van der Waals surface area (Å²) in [6, 6.07) is 6.53. The summed E-state index contributed by atoms with van der Waals surface area (Å²) in [5.74, 6) is 1.52. The van der Waals surface area contributed by atoms with Crippen LogP contribution in [0.4, 0.5) is 0 Å². The Bertz CT molecular complexity index is 362. The summed E-state index contributed by atoms with van der Waals surface area (Å²) in [7, 11) is 0. The van der Waals surface area contributed by atoms with Gasteiger partial charge in [0.05, 0.1) is 0 Å². The highest BCUT2D eigenvalue weighted by atomic mass is 35.5. The van der Waals surface area contributed by atoms with Crippen molar-refractivity contribution in [1.29, 1.82) is 0 Å². The van der Waals surface area contributed by atoms with Crippen LogP contribution in [0.5, 0.6) is 0 Å². The van der Waals surface area contributed by atoms with Gasteiger partial charge in [-0.1, -0.05) is 30.7 Å². The third-order valence-corrected chi connectivity index (χ3v) is 4.11. The lowest BCUT2D eigenvalue weighted by atomic mass is 9.70. The summed E-state index contributed by atoms with van der Waals surface area (Å²) in [4.78, 5) is 0. The maximum absolute atomic E-state index is 6.18. The molecule has 0 radical (unpaired) electrons. The van der Waals surface area contributed by atoms with Gasteiger partial charge in [0.2, 0.25) is 0 Å². The average molecular weight is 238 g/mol. The Balaban J connectivity index is 2.04. The number of halogens is 1. The van der Waals surface area contributed by atoms with E-state index in [4.69, 9.17) is 11.6 Å². The zero-order chi connectivity index (χ0) is 11.5. The molecule has 1 aromatic carbocycles. The minimum Gasteiger partial charge on any atom is -0.317 e. The predicted octanol–water partition coefficient (Wildman–Crippen LogP) is 3.75. The number of nitrogens with one attached hydrogen (secondary N) is 1. The predicted molar refractivity (Wildman–Crippen MR) is 70.2 cm³/mol. The molecular formula is C14H20ClN. The minimum atomic E-state index is 0.720. The van der Waals surface area contributed by atoms with Gasteiger partial charge in [0.15, 0.2) is 0 Å². The SMILES string of the molecule is CCNCC1CCC1c1ccc(C)c(Cl)c1. The second kappa shape index (κ2) is 5.20. The Morgan fingerprint density at radius 1 is 1.38 bits per heavy atom. The van der Waals surface area contributed by atoms with E-state index in [1.54, 1.807) is 0 Å². The molecular weight excluding hydrogens is 218 g/mol. The molecule has 1 fully saturated rings. The van der Waals surface area contributed by atoms with Crippen molar-refractivity contribution in [3.05, 3.63) is 34.3 Å². The number of benzene rings is 1. The van der Waals surface area contributed by atoms with Crippen LogP contribution in [-0.2, 0) is 0 Å². The van der Waals surface area contributed by atoms with Crippen LogP contribution < -0.4 is 5.32 Å². The van der Waals surface area contributed by atoms with Gasteiger partial charge in [0, 0.05) is 5.02 Å². The normalized spacial score (nSPS) is 24.2. The van der Waals surface area contributed by atoms with E-state index >= 15 is 0 Å². The van der Waals surface area contributed by atoms with Crippen molar-refractivity contribution in [2.45, 2.75) is 32.6 Å². The fourth-order valence-corrected chi connectivity index (χ4v) is 2.61. The summed E-state index contributed by atoms with van der Waals surface area (Å²) in [5, 5.41) is 4.35. The number of aryl methyl sites for hydroxylation is 1. The van der Waals surface area contributed by atoms with Gasteiger partial charge in [0.25, 0.3) is 0 Å². The molecule has 0 aromatic heterocycles. The second-order valence-electron chi connectivity index (χ2n) is 4.76. The lowest BCUT2D eigenvalue weighted by Gasteiger charge is -2.37. The molecule has 2 heteroatoms. The molecule has 1 nitrogen and oxygen atoms in total. The fraction of sp³-hybridized carbons (Fsp3) is 0.571. The Morgan fingerprint density at radius 2 is 2.19 bits per heavy atom. The van der Waals surface area contributed by atoms with Gasteiger partial charge >= 0.3 is 0 Å². The van der Waals surface area contributed by atoms with E-state index in [1.165, 1.54) is 24.0 Å². The molecule has 1 aromatic rings. The van der Waals surface area contributed by atoms with Gasteiger partial charge in [-0.15, -0.1) is 0 Å². The standard InChI is InChI=1S/C14H20ClN/c1-3-16-9-12-6-7-13(12)11-5-4-10(2)14(15)8-11/h4-5,8,12-13,16H,3,6-7,9H2,1-2H3. The lowest BCUT2D eigenvalue weighted by molar-refractivity contribution is 0.247. The van der Waals surface area contributed by atoms with Crippen molar-refractivity contribution < 1.29 is 0 Å². The summed E-state index contributed by atoms with van der Waals surface area (Å²) in [5.41, 5.74) is 2.60. The van der Waals surface area contributed by atoms with Crippen molar-refractivity contribution in [3.63, 3.8) is 0 Å². The van der Waals surface area contributed by atoms with E-state index in [0.717, 1.165) is 29.9 Å². The zero-order valence-corrected chi connectivity index (χ0v) is 10.8. The van der Waals surface area contributed by atoms with Crippen molar-refractivity contribution >= 4 is 11.6 Å². The van der Waals surface area contributed by atoms with Gasteiger partial charge in [0.1, 0.15) is 0 Å². The maximum atomic E-state index is 6.18. The maximum Gasteiger partial charge on any atom is 0.0438 e. The molecule has 0 heterocycles. The molecule has 2 atom stereocenters. The highest BCUT2D eigenvalue weighted by Gasteiger charge is 2.31. The molecule has 1 aliphatic carbocycles. The first-order chi connectivity index (χ1) is 7.72. The van der Waals surface area contributed by atoms with Gasteiger partial charge in [-0.05, 0) is 61.9 Å². The van der Waals surface area contributed by atoms with E-state index in [0.29, 0.717) is 0 Å². The minimum absolute atomic E-state index is 0.720. The number of hydrogen-bond acceptors (Lipinski definition) is 1. The third kappa shape index (κ3) is 2.41. The molecule has 88 valence electrons. The van der Waals surface area contributed by atoms with Gasteiger partial charge in [-0.3, -0.25) is 0 Å². The third-order valence-electron chi connectivity index (χ3n) is 3.70. The van der Waals surface area contributed by atoms with E-state index in [2.05, 4.69) is 37.4 Å². The Hall–Kier alpha value is -0.530.